The summed E-state index contributed by atoms with van der Waals surface area (Å²) in [6.07, 6.45) is -11.4. The summed E-state index contributed by atoms with van der Waals surface area (Å²) in [4.78, 5) is 26.2. The van der Waals surface area contributed by atoms with Crippen molar-refractivity contribution in [2.24, 2.45) is 0 Å². The first-order valence-corrected chi connectivity index (χ1v) is 8.31. The molecule has 0 saturated carbocycles. The third kappa shape index (κ3) is 4.95. The number of aromatic nitrogens is 1. The van der Waals surface area contributed by atoms with Gasteiger partial charge in [0.15, 0.2) is 1.41 Å². The van der Waals surface area contributed by atoms with Gasteiger partial charge in [-0.3, -0.25) is 14.2 Å². The van der Waals surface area contributed by atoms with Gasteiger partial charge in [-0.25, -0.2) is 0 Å². The van der Waals surface area contributed by atoms with Gasteiger partial charge in [0.05, 0.1) is 9.68 Å². The van der Waals surface area contributed by atoms with Crippen LogP contribution < -0.4 is 45.5 Å². The molecule has 0 aliphatic carbocycles. The van der Waals surface area contributed by atoms with E-state index in [1.54, 1.807) is 0 Å². The molecule has 1 atom stereocenters. The number of pyridine rings is 1. The van der Waals surface area contributed by atoms with Gasteiger partial charge in [-0.15, -0.1) is 11.3 Å². The van der Waals surface area contributed by atoms with Crippen LogP contribution in [0.15, 0.2) is 16.2 Å². The van der Waals surface area contributed by atoms with E-state index in [-0.39, 0.29) is 44.3 Å². The minimum Gasteiger partial charge on any atom is -0.871 e. The van der Waals surface area contributed by atoms with Crippen molar-refractivity contribution in [3.63, 3.8) is 0 Å². The Morgan fingerprint density at radius 2 is 2.30 bits per heavy atom. The van der Waals surface area contributed by atoms with Gasteiger partial charge in [0.2, 0.25) is 0 Å². The van der Waals surface area contributed by atoms with Crippen molar-refractivity contribution in [3.8, 4) is 5.75 Å². The molecular weight excluding hydrogens is 373 g/mol. The third-order valence-corrected chi connectivity index (χ3v) is 4.25. The molecule has 0 spiro atoms. The van der Waals surface area contributed by atoms with Crippen molar-refractivity contribution in [1.82, 2.24) is 14.8 Å². The van der Waals surface area contributed by atoms with Crippen LogP contribution >= 0.6 is 11.3 Å². The van der Waals surface area contributed by atoms with Crippen LogP contribution in [-0.2, 0) is 0 Å². The monoisotopic (exact) mass is 416 g/mol. The molecule has 8 heteroatoms. The van der Waals surface area contributed by atoms with Crippen LogP contribution in [0.1, 0.15) is 77.6 Å². The predicted octanol–water partition coefficient (Wildman–Crippen LogP) is -0.673. The molecule has 142 valence electrons. The van der Waals surface area contributed by atoms with Gasteiger partial charge in [-0.2, -0.15) is 0 Å². The summed E-state index contributed by atoms with van der Waals surface area (Å²) in [6.45, 7) is -11.0. The zero-order valence-electron chi connectivity index (χ0n) is 31.6. The molecule has 1 saturated heterocycles. The number of thiophene rings is 1. The Hall–Kier alpha value is -0.860. The molecule has 1 unspecified atom stereocenters. The largest absolute Gasteiger partial charge is 1.00 e. The molecule has 1 N–H and O–H groups in total. The summed E-state index contributed by atoms with van der Waals surface area (Å²) in [5.41, 5.74) is -2.90. The van der Waals surface area contributed by atoms with E-state index >= 15 is 0 Å². The summed E-state index contributed by atoms with van der Waals surface area (Å²) in [7, 11) is 0. The van der Waals surface area contributed by atoms with Crippen LogP contribution in [0.4, 0.5) is 0 Å². The zero-order chi connectivity index (χ0) is 33.7. The Morgan fingerprint density at radius 3 is 3.00 bits per heavy atom. The molecule has 0 aromatic carbocycles. The fourth-order valence-electron chi connectivity index (χ4n) is 2.31. The molecule has 2 aromatic rings. The topological polar surface area (TPSA) is 77.4 Å². The molecule has 1 aliphatic heterocycles. The molecule has 0 radical (unpaired) electrons. The second kappa shape index (κ2) is 10.1. The summed E-state index contributed by atoms with van der Waals surface area (Å²) in [5.74, 6) is -3.03. The minimum atomic E-state index is -3.64. The zero-order valence-corrected chi connectivity index (χ0v) is 17.4. The minimum absolute atomic E-state index is 0. The van der Waals surface area contributed by atoms with E-state index < -0.39 is 109 Å². The van der Waals surface area contributed by atoms with E-state index in [0.717, 1.165) is 6.92 Å². The second-order valence-electron chi connectivity index (χ2n) is 5.23. The number of piperidine rings is 1. The van der Waals surface area contributed by atoms with E-state index in [9.17, 15) is 14.7 Å². The second-order valence-corrected chi connectivity index (χ2v) is 6.02. The number of rotatable bonds is 6. The number of fused-ring (bicyclic) bond motifs is 1. The van der Waals surface area contributed by atoms with Gasteiger partial charge < -0.3 is 15.3 Å². The number of nitrogens with one attached hydrogen (secondary N) is 1. The fourth-order valence-corrected chi connectivity index (χ4v) is 3.12. The summed E-state index contributed by atoms with van der Waals surface area (Å²) in [6, 6.07) is -3.54. The molecular formula is C19H26N3NaO3S. The van der Waals surface area contributed by atoms with Crippen molar-refractivity contribution in [2.45, 2.75) is 45.3 Å². The Morgan fingerprint density at radius 1 is 1.56 bits per heavy atom. The summed E-state index contributed by atoms with van der Waals surface area (Å²) in [5, 5.41) is 11.9. The molecule has 0 bridgehead atoms. The van der Waals surface area contributed by atoms with Gasteiger partial charge in [0.25, 0.3) is 11.5 Å². The SMILES string of the molecule is [2H]c1sc2c(c1[2H])c([O-])c(C(=O)N([2H])CCCN1C([2H])([2H])C([2H])([2H])C([2H])([2H])C([2H])([2H])C1([2H])[2H])c(=O)n2C([2H])(C)C([2H])([2H])[2H].[Na+]. The maximum absolute atomic E-state index is 13.4. The Labute approximate surface area is 209 Å². The van der Waals surface area contributed by atoms with E-state index in [2.05, 4.69) is 0 Å². The first kappa shape index (κ1) is 8.48. The molecule has 3 rings (SSSR count). The number of hydrogen-bond acceptors (Lipinski definition) is 5. The van der Waals surface area contributed by atoms with Crippen molar-refractivity contribution < 1.29 is 62.8 Å². The standard InChI is InChI=1S/C19H27N3O3S.Na/c1-13(2)22-18(25)15(16(23)14-7-12-26-19(14)22)17(24)20-8-6-11-21-9-4-3-5-10-21;/h7,12-13,23H,3-6,8-11H2,1-2H3,(H,20,24);/q;+1/p-1/i1D3,3D2,4D2,5D2,7D,9D2,10D2,12D,13D;/hD. The number of nitrogens with zero attached hydrogens (tertiary/aromatic N) is 2. The quantitative estimate of drug-likeness (QED) is 0.634. The van der Waals surface area contributed by atoms with Gasteiger partial charge in [0, 0.05) is 35.8 Å². The van der Waals surface area contributed by atoms with Crippen LogP contribution in [0.5, 0.6) is 5.75 Å². The average Bonchev–Trinajstić information content (AvgIpc) is 3.12. The van der Waals surface area contributed by atoms with Crippen molar-refractivity contribution in [1.29, 1.82) is 0 Å². The molecule has 6 nitrogen and oxygen atoms in total. The molecule has 1 aliphatic rings. The predicted molar refractivity (Wildman–Crippen MR) is 103 cm³/mol. The molecule has 1 fully saturated rings. The Balaban J connectivity index is 0.00000675. The van der Waals surface area contributed by atoms with Gasteiger partial charge in [-0.05, 0) is 63.9 Å². The average molecular weight is 417 g/mol. The number of carbonyl (C=O) groups is 1. The van der Waals surface area contributed by atoms with Gasteiger partial charge >= 0.3 is 29.6 Å². The normalized spacial score (nSPS) is 36.3. The van der Waals surface area contributed by atoms with Crippen LogP contribution in [0, 0.1) is 0 Å². The smallest absolute Gasteiger partial charge is 0.871 e. The molecule has 1 amide bonds. The molecule has 3 heterocycles. The fraction of sp³-hybridized carbons (Fsp3) is 0.579. The van der Waals surface area contributed by atoms with Crippen LogP contribution in [0.25, 0.3) is 10.2 Å². The maximum atomic E-state index is 13.4. The van der Waals surface area contributed by atoms with E-state index in [1.807, 2.05) is 0 Å². The number of carbonyl (C=O) groups excluding carboxylic acids is 1. The third-order valence-electron chi connectivity index (χ3n) is 3.46. The number of likely N-dealkylation sites (tertiary alicyclic amines) is 1. The van der Waals surface area contributed by atoms with Gasteiger partial charge in [-0.1, -0.05) is 12.1 Å². The molecule has 27 heavy (non-hydrogen) atoms. The summed E-state index contributed by atoms with van der Waals surface area (Å²) >= 11 is 0.370. The number of hydrogen-bond donors (Lipinski definition) is 1. The first-order chi connectivity index (χ1) is 19.0. The summed E-state index contributed by atoms with van der Waals surface area (Å²) < 4.78 is 136. The van der Waals surface area contributed by atoms with Crippen molar-refractivity contribution in [3.05, 3.63) is 27.3 Å². The van der Waals surface area contributed by atoms with Gasteiger partial charge in [0.1, 0.15) is 4.83 Å². The van der Waals surface area contributed by atoms with Crippen molar-refractivity contribution >= 4 is 27.5 Å². The van der Waals surface area contributed by atoms with Crippen molar-refractivity contribution in [2.75, 3.05) is 26.1 Å². The van der Waals surface area contributed by atoms with Crippen LogP contribution in [0.2, 0.25) is 1.41 Å². The Bertz CT molecular complexity index is 1490. The maximum Gasteiger partial charge on any atom is 1.00 e. The van der Waals surface area contributed by atoms with Crippen LogP contribution in [-0.4, -0.2) is 41.5 Å². The Kier molecular flexibility index (Phi) is 3.16. The van der Waals surface area contributed by atoms with Crippen LogP contribution in [0.3, 0.4) is 0 Å². The van der Waals surface area contributed by atoms with E-state index in [4.69, 9.17) is 23.3 Å². The van der Waals surface area contributed by atoms with E-state index in [0.29, 0.717) is 11.3 Å². The number of amides is 1. The first-order valence-electron chi connectivity index (χ1n) is 15.9. The van der Waals surface area contributed by atoms with E-state index in [1.165, 1.54) is 0 Å². The molecule has 2 aromatic heterocycles.